The highest BCUT2D eigenvalue weighted by molar-refractivity contribution is 6.14. The average Bonchev–Trinajstić information content (AvgIpc) is 2.52. The average molecular weight is 394 g/mol. The third-order valence-corrected chi connectivity index (χ3v) is 6.25. The van der Waals surface area contributed by atoms with Crippen molar-refractivity contribution in [1.29, 1.82) is 0 Å². The van der Waals surface area contributed by atoms with Crippen molar-refractivity contribution in [3.63, 3.8) is 0 Å². The molecular weight excluding hydrogens is 350 g/mol. The van der Waals surface area contributed by atoms with Crippen LogP contribution < -0.4 is 5.32 Å². The van der Waals surface area contributed by atoms with Crippen LogP contribution in [0.15, 0.2) is 0 Å². The van der Waals surface area contributed by atoms with Crippen molar-refractivity contribution in [2.45, 2.75) is 90.1 Å². The van der Waals surface area contributed by atoms with Crippen molar-refractivity contribution < 1.29 is 18.9 Å². The van der Waals surface area contributed by atoms with Crippen molar-refractivity contribution in [1.82, 2.24) is 5.32 Å². The Bertz CT molecular complexity index is 292. The van der Waals surface area contributed by atoms with Crippen LogP contribution in [0.2, 0.25) is 0 Å². The van der Waals surface area contributed by atoms with E-state index in [4.69, 9.17) is 18.9 Å². The fourth-order valence-electron chi connectivity index (χ4n) is 3.20. The molecule has 152 valence electrons. The molecule has 0 amide bonds. The zero-order valence-electron chi connectivity index (χ0n) is 17.9. The molecule has 0 aliphatic heterocycles. The molecule has 25 heavy (non-hydrogen) atoms. The fourth-order valence-corrected chi connectivity index (χ4v) is 5.59. The summed E-state index contributed by atoms with van der Waals surface area (Å²) in [7, 11) is 2.25. The highest BCUT2D eigenvalue weighted by Crippen LogP contribution is 2.22. The summed E-state index contributed by atoms with van der Waals surface area (Å²) in [6.45, 7) is 15.0. The van der Waals surface area contributed by atoms with Crippen molar-refractivity contribution in [2.75, 3.05) is 26.4 Å². The molecule has 1 N–H and O–H groups in total. The predicted molar refractivity (Wildman–Crippen MR) is 112 cm³/mol. The SMILES string of the molecule is CCOC(C)(CCC([SiH3])NC([SiH3])CCC(C)(OCC)OCC)OCC. The topological polar surface area (TPSA) is 49.0 Å². The first-order valence-electron chi connectivity index (χ1n) is 10.1. The molecule has 0 rings (SSSR count). The lowest BCUT2D eigenvalue weighted by molar-refractivity contribution is -0.225. The van der Waals surface area contributed by atoms with Gasteiger partial charge in [-0.2, -0.15) is 0 Å². The van der Waals surface area contributed by atoms with Crippen LogP contribution in [0.1, 0.15) is 67.2 Å². The molecule has 0 aromatic heterocycles. The first-order chi connectivity index (χ1) is 11.7. The second kappa shape index (κ2) is 13.4. The van der Waals surface area contributed by atoms with Crippen LogP contribution in [0.5, 0.6) is 0 Å². The van der Waals surface area contributed by atoms with E-state index >= 15 is 0 Å². The predicted octanol–water partition coefficient (Wildman–Crippen LogP) is 1.10. The van der Waals surface area contributed by atoms with Gasteiger partial charge in [0, 0.05) is 59.8 Å². The third-order valence-electron chi connectivity index (χ3n) is 4.43. The molecule has 0 spiro atoms. The van der Waals surface area contributed by atoms with Gasteiger partial charge in [-0.25, -0.2) is 0 Å². The Morgan fingerprint density at radius 3 is 1.20 bits per heavy atom. The van der Waals surface area contributed by atoms with Crippen molar-refractivity contribution in [3.8, 4) is 0 Å². The van der Waals surface area contributed by atoms with Crippen LogP contribution in [-0.4, -0.2) is 69.8 Å². The Balaban J connectivity index is 4.29. The van der Waals surface area contributed by atoms with Crippen LogP contribution in [0.3, 0.4) is 0 Å². The Labute approximate surface area is 161 Å². The number of hydrogen-bond donors (Lipinski definition) is 1. The zero-order chi connectivity index (χ0) is 19.3. The van der Waals surface area contributed by atoms with E-state index in [9.17, 15) is 0 Å². The largest absolute Gasteiger partial charge is 0.351 e. The van der Waals surface area contributed by atoms with E-state index in [1.807, 2.05) is 27.7 Å². The highest BCUT2D eigenvalue weighted by Gasteiger charge is 2.27. The maximum atomic E-state index is 5.81. The van der Waals surface area contributed by atoms with Crippen molar-refractivity contribution in [2.24, 2.45) is 0 Å². The van der Waals surface area contributed by atoms with Crippen LogP contribution >= 0.6 is 0 Å². The summed E-state index contributed by atoms with van der Waals surface area (Å²) < 4.78 is 23.2. The van der Waals surface area contributed by atoms with Crippen molar-refractivity contribution >= 4 is 20.5 Å². The lowest BCUT2D eigenvalue weighted by Crippen LogP contribution is -2.43. The minimum absolute atomic E-state index is 0.447. The molecule has 0 fully saturated rings. The van der Waals surface area contributed by atoms with Crippen LogP contribution in [0.4, 0.5) is 0 Å². The van der Waals surface area contributed by atoms with Crippen LogP contribution in [-0.2, 0) is 18.9 Å². The molecule has 0 bridgehead atoms. The van der Waals surface area contributed by atoms with E-state index in [1.54, 1.807) is 0 Å². The minimum atomic E-state index is -0.447. The normalized spacial score (nSPS) is 15.6. The lowest BCUT2D eigenvalue weighted by Gasteiger charge is -2.32. The first-order valence-corrected chi connectivity index (χ1v) is 12.4. The summed E-state index contributed by atoms with van der Waals surface area (Å²) in [5, 5.41) is 3.79. The van der Waals surface area contributed by atoms with Gasteiger partial charge in [-0.15, -0.1) is 0 Å². The van der Waals surface area contributed by atoms with E-state index in [0.29, 0.717) is 37.8 Å². The first kappa shape index (κ1) is 25.2. The van der Waals surface area contributed by atoms with Gasteiger partial charge in [0.15, 0.2) is 11.6 Å². The van der Waals surface area contributed by atoms with Gasteiger partial charge in [-0.3, -0.25) is 0 Å². The molecule has 0 aliphatic rings. The van der Waals surface area contributed by atoms with Gasteiger partial charge in [0.1, 0.15) is 0 Å². The van der Waals surface area contributed by atoms with Crippen LogP contribution in [0, 0.1) is 0 Å². The molecule has 0 radical (unpaired) electrons. The summed E-state index contributed by atoms with van der Waals surface area (Å²) >= 11 is 0. The zero-order valence-corrected chi connectivity index (χ0v) is 21.9. The molecule has 0 saturated heterocycles. The minimum Gasteiger partial charge on any atom is -0.351 e. The Kier molecular flexibility index (Phi) is 13.5. The van der Waals surface area contributed by atoms with Crippen LogP contribution in [0.25, 0.3) is 0 Å². The smallest absolute Gasteiger partial charge is 0.165 e. The molecule has 2 atom stereocenters. The monoisotopic (exact) mass is 393 g/mol. The molecule has 0 heterocycles. The van der Waals surface area contributed by atoms with Gasteiger partial charge >= 0.3 is 0 Å². The van der Waals surface area contributed by atoms with E-state index in [2.05, 4.69) is 19.2 Å². The highest BCUT2D eigenvalue weighted by atomic mass is 28.1. The van der Waals surface area contributed by atoms with Gasteiger partial charge < -0.3 is 24.3 Å². The van der Waals surface area contributed by atoms with E-state index in [0.717, 1.165) is 46.2 Å². The number of rotatable bonds is 16. The maximum absolute atomic E-state index is 5.81. The third kappa shape index (κ3) is 11.5. The molecule has 5 nitrogen and oxygen atoms in total. The Morgan fingerprint density at radius 1 is 0.680 bits per heavy atom. The molecule has 0 saturated carbocycles. The maximum Gasteiger partial charge on any atom is 0.165 e. The molecule has 7 heteroatoms. The van der Waals surface area contributed by atoms with E-state index in [1.165, 1.54) is 0 Å². The van der Waals surface area contributed by atoms with Crippen molar-refractivity contribution in [3.05, 3.63) is 0 Å². The summed E-state index contributed by atoms with van der Waals surface area (Å²) in [6.07, 6.45) is 4.05. The summed E-state index contributed by atoms with van der Waals surface area (Å²) in [6, 6.07) is 0. The fraction of sp³-hybridized carbons (Fsp3) is 1.00. The van der Waals surface area contributed by atoms with E-state index < -0.39 is 11.6 Å². The van der Waals surface area contributed by atoms with E-state index in [-0.39, 0.29) is 0 Å². The van der Waals surface area contributed by atoms with Gasteiger partial charge in [0.05, 0.1) is 0 Å². The summed E-state index contributed by atoms with van der Waals surface area (Å²) in [5.41, 5.74) is 1.15. The second-order valence-electron chi connectivity index (χ2n) is 7.05. The molecule has 0 aromatic carbocycles. The summed E-state index contributed by atoms with van der Waals surface area (Å²) in [5.74, 6) is -0.895. The molecular formula is C18H43NO4Si2. The number of hydrogen-bond acceptors (Lipinski definition) is 5. The van der Waals surface area contributed by atoms with Gasteiger partial charge in [-0.05, 0) is 65.7 Å². The molecule has 0 aliphatic carbocycles. The standard InChI is InChI=1S/C18H43NO4Si2/c1-7-20-17(5,21-8-2)13-11-15(24)19-16(25)12-14-18(6,22-9-3)23-10-4/h15-16,19H,7-14H2,1-6,24-25H3. The Morgan fingerprint density at radius 2 is 0.960 bits per heavy atom. The second-order valence-corrected chi connectivity index (χ2v) is 9.83. The number of nitrogens with one attached hydrogen (secondary N) is 1. The van der Waals surface area contributed by atoms with Gasteiger partial charge in [-0.1, -0.05) is 0 Å². The van der Waals surface area contributed by atoms with Gasteiger partial charge in [0.2, 0.25) is 0 Å². The quantitative estimate of drug-likeness (QED) is 0.314. The lowest BCUT2D eigenvalue weighted by atomic mass is 10.1. The summed E-state index contributed by atoms with van der Waals surface area (Å²) in [4.78, 5) is 0. The molecule has 0 aromatic rings. The Hall–Kier alpha value is 0.234. The molecule has 2 unspecified atom stereocenters. The number of ether oxygens (including phenoxy) is 4. The van der Waals surface area contributed by atoms with Gasteiger partial charge in [0.25, 0.3) is 0 Å².